The molecule has 0 amide bonds. The summed E-state index contributed by atoms with van der Waals surface area (Å²) in [5.41, 5.74) is 2.18. The third-order valence-electron chi connectivity index (χ3n) is 10.3. The number of nitrogens with zero attached hydrogens (tertiary/aromatic N) is 7. The SMILES string of the molecule is COCC1(CN(C)c2cc(-c3cnc(C4CC4)c(C(F)(F)F)c3)nc3nc(-c4cnc(N5CCC(C(=O)O)CC5)cn4)[nH]c23)CCCCC1.[Na]. The molecule has 2 aliphatic carbocycles. The second kappa shape index (κ2) is 14.7. The van der Waals surface area contributed by atoms with Crippen LogP contribution in [0.5, 0.6) is 0 Å². The van der Waals surface area contributed by atoms with Gasteiger partial charge in [0.2, 0.25) is 0 Å². The van der Waals surface area contributed by atoms with Gasteiger partial charge in [-0.2, -0.15) is 13.2 Å². The summed E-state index contributed by atoms with van der Waals surface area (Å²) in [6, 6.07) is 2.99. The van der Waals surface area contributed by atoms with Gasteiger partial charge in [-0.25, -0.2) is 19.9 Å². The molecule has 4 aromatic heterocycles. The number of pyridine rings is 2. The molecule has 0 unspecified atom stereocenters. The van der Waals surface area contributed by atoms with Gasteiger partial charge in [-0.05, 0) is 50.7 Å². The van der Waals surface area contributed by atoms with Crippen LogP contribution in [-0.2, 0) is 15.7 Å². The number of piperidine rings is 1. The van der Waals surface area contributed by atoms with Gasteiger partial charge in [-0.15, -0.1) is 0 Å². The van der Waals surface area contributed by atoms with Gasteiger partial charge in [-0.1, -0.05) is 19.3 Å². The molecule has 3 aliphatic rings. The molecule has 1 aliphatic heterocycles. The number of rotatable bonds is 10. The first-order chi connectivity index (χ1) is 23.5. The van der Waals surface area contributed by atoms with Crippen LogP contribution in [0.1, 0.15) is 75.0 Å². The number of H-pyrrole nitrogens is 1. The van der Waals surface area contributed by atoms with Gasteiger partial charge in [0.1, 0.15) is 17.0 Å². The number of aromatic amines is 1. The molecule has 5 heterocycles. The number of aliphatic carboxylic acids is 1. The van der Waals surface area contributed by atoms with Gasteiger partial charge in [0, 0.05) is 86.4 Å². The van der Waals surface area contributed by atoms with Crippen molar-refractivity contribution in [2.45, 2.75) is 69.9 Å². The largest absolute Gasteiger partial charge is 0.481 e. The Balaban J connectivity index is 0.00000432. The zero-order valence-corrected chi connectivity index (χ0v) is 30.8. The van der Waals surface area contributed by atoms with Crippen LogP contribution in [0.25, 0.3) is 33.9 Å². The molecule has 3 fully saturated rings. The minimum Gasteiger partial charge on any atom is -0.481 e. The molecule has 261 valence electrons. The number of aromatic nitrogens is 6. The van der Waals surface area contributed by atoms with Crippen molar-refractivity contribution in [2.75, 3.05) is 50.2 Å². The number of ether oxygens (including phenoxy) is 1. The Kier molecular flexibility index (Phi) is 10.7. The van der Waals surface area contributed by atoms with Crippen LogP contribution < -0.4 is 9.80 Å². The number of hydrogen-bond acceptors (Lipinski definition) is 9. The summed E-state index contributed by atoms with van der Waals surface area (Å²) >= 11 is 0. The molecule has 15 heteroatoms. The Hall–Kier alpha value is -3.33. The van der Waals surface area contributed by atoms with E-state index in [-0.39, 0.29) is 58.1 Å². The first-order valence-corrected chi connectivity index (χ1v) is 17.0. The molecular weight excluding hydrogens is 660 g/mol. The molecule has 4 aromatic rings. The summed E-state index contributed by atoms with van der Waals surface area (Å²) < 4.78 is 48.3. The number of carbonyl (C=O) groups is 1. The predicted octanol–water partition coefficient (Wildman–Crippen LogP) is 6.33. The number of alkyl halides is 3. The topological polar surface area (TPSA) is 133 Å². The van der Waals surface area contributed by atoms with Crippen LogP contribution in [0.2, 0.25) is 0 Å². The number of carboxylic acids is 1. The van der Waals surface area contributed by atoms with Crippen LogP contribution in [0.4, 0.5) is 24.7 Å². The molecule has 0 spiro atoms. The number of methoxy groups -OCH3 is 1. The van der Waals surface area contributed by atoms with E-state index in [2.05, 4.69) is 24.8 Å². The van der Waals surface area contributed by atoms with Crippen molar-refractivity contribution in [3.05, 3.63) is 42.0 Å². The molecule has 0 aromatic carbocycles. The molecule has 0 bridgehead atoms. The molecule has 7 rings (SSSR count). The van der Waals surface area contributed by atoms with Crippen molar-refractivity contribution in [2.24, 2.45) is 11.3 Å². The average Bonchev–Trinajstić information content (AvgIpc) is 3.85. The maximum absolute atomic E-state index is 14.2. The zero-order chi connectivity index (χ0) is 34.3. The molecule has 1 saturated heterocycles. The standard InChI is InChI=1S/C35H41F3N8O3.Na/c1-45(19-34(20-49-2)10-4-3-5-11-34)27-15-25(23-14-24(35(36,37)38)29(41-16-23)21-6-7-21)42-32-30(27)43-31(44-32)26-17-40-28(18-39-26)46-12-8-22(9-13-46)33(47)48;/h14-18,21-22H,3-13,19-20H2,1-2H3,(H,47,48)(H,42,43,44);. The van der Waals surface area contributed by atoms with Crippen LogP contribution in [0.3, 0.4) is 0 Å². The third kappa shape index (κ3) is 7.63. The number of fused-ring (bicyclic) bond motifs is 1. The van der Waals surface area contributed by atoms with Gasteiger partial charge >= 0.3 is 12.1 Å². The van der Waals surface area contributed by atoms with E-state index in [1.807, 2.05) is 18.0 Å². The quantitative estimate of drug-likeness (QED) is 0.181. The van der Waals surface area contributed by atoms with Crippen molar-refractivity contribution < 1.29 is 27.8 Å². The van der Waals surface area contributed by atoms with Gasteiger partial charge in [0.25, 0.3) is 0 Å². The maximum Gasteiger partial charge on any atom is 0.418 e. The van der Waals surface area contributed by atoms with Gasteiger partial charge in [0.15, 0.2) is 11.5 Å². The van der Waals surface area contributed by atoms with E-state index >= 15 is 0 Å². The minimum atomic E-state index is -4.53. The molecule has 11 nitrogen and oxygen atoms in total. The van der Waals surface area contributed by atoms with E-state index in [1.54, 1.807) is 19.5 Å². The van der Waals surface area contributed by atoms with Gasteiger partial charge < -0.3 is 24.6 Å². The Labute approximate surface area is 310 Å². The summed E-state index contributed by atoms with van der Waals surface area (Å²) in [5, 5.41) is 9.33. The summed E-state index contributed by atoms with van der Waals surface area (Å²) in [6.07, 6.45) is 8.21. The van der Waals surface area contributed by atoms with E-state index in [0.29, 0.717) is 86.1 Å². The normalized spacial score (nSPS) is 18.2. The van der Waals surface area contributed by atoms with Crippen molar-refractivity contribution in [3.8, 4) is 22.8 Å². The molecule has 2 N–H and O–H groups in total. The van der Waals surface area contributed by atoms with Crippen LogP contribution in [0, 0.1) is 11.3 Å². The molecular formula is C35H41F3N8NaO3. The van der Waals surface area contributed by atoms with E-state index in [9.17, 15) is 23.1 Å². The second-order valence-electron chi connectivity index (χ2n) is 13.9. The monoisotopic (exact) mass is 701 g/mol. The van der Waals surface area contributed by atoms with E-state index in [1.165, 1.54) is 18.7 Å². The van der Waals surface area contributed by atoms with E-state index < -0.39 is 17.7 Å². The first-order valence-electron chi connectivity index (χ1n) is 17.0. The van der Waals surface area contributed by atoms with Crippen molar-refractivity contribution in [1.82, 2.24) is 29.9 Å². The Morgan fingerprint density at radius 2 is 1.76 bits per heavy atom. The van der Waals surface area contributed by atoms with Gasteiger partial charge in [0.05, 0.1) is 47.6 Å². The zero-order valence-electron chi connectivity index (χ0n) is 28.8. The smallest absolute Gasteiger partial charge is 0.418 e. The second-order valence-corrected chi connectivity index (χ2v) is 13.9. The Bertz CT molecular complexity index is 1810. The van der Waals surface area contributed by atoms with Crippen molar-refractivity contribution >= 4 is 58.2 Å². The number of hydrogen-bond donors (Lipinski definition) is 2. The molecule has 0 atom stereocenters. The fourth-order valence-electron chi connectivity index (χ4n) is 7.57. The molecule has 50 heavy (non-hydrogen) atoms. The summed E-state index contributed by atoms with van der Waals surface area (Å²) in [6.45, 7) is 2.46. The summed E-state index contributed by atoms with van der Waals surface area (Å²) in [5.74, 6) is -0.192. The molecule has 1 radical (unpaired) electrons. The number of anilines is 2. The first kappa shape index (κ1) is 36.5. The molecule has 2 saturated carbocycles. The number of imidazole rings is 1. The third-order valence-corrected chi connectivity index (χ3v) is 10.3. The average molecular weight is 702 g/mol. The Morgan fingerprint density at radius 3 is 2.38 bits per heavy atom. The van der Waals surface area contributed by atoms with Crippen LogP contribution in [0.15, 0.2) is 30.7 Å². The van der Waals surface area contributed by atoms with E-state index in [4.69, 9.17) is 14.7 Å². The van der Waals surface area contributed by atoms with Crippen molar-refractivity contribution in [1.29, 1.82) is 0 Å². The van der Waals surface area contributed by atoms with Crippen LogP contribution in [-0.4, -0.2) is 111 Å². The van der Waals surface area contributed by atoms with Crippen molar-refractivity contribution in [3.63, 3.8) is 0 Å². The van der Waals surface area contributed by atoms with Crippen LogP contribution >= 0.6 is 0 Å². The summed E-state index contributed by atoms with van der Waals surface area (Å²) in [7, 11) is 3.71. The fourth-order valence-corrected chi connectivity index (χ4v) is 7.57. The summed E-state index contributed by atoms with van der Waals surface area (Å²) in [4.78, 5) is 42.0. The van der Waals surface area contributed by atoms with E-state index in [0.717, 1.165) is 31.4 Å². The minimum absolute atomic E-state index is 0. The Morgan fingerprint density at radius 1 is 1.02 bits per heavy atom. The number of carboxylic acid groups (broad SMARTS) is 1. The van der Waals surface area contributed by atoms with Gasteiger partial charge in [-0.3, -0.25) is 9.78 Å². The fraction of sp³-hybridized carbons (Fsp3) is 0.543. The maximum atomic E-state index is 14.2. The predicted molar refractivity (Wildman–Crippen MR) is 184 cm³/mol. The number of halogens is 3. The number of nitrogens with one attached hydrogen (secondary N) is 1.